The highest BCUT2D eigenvalue weighted by Gasteiger charge is 2.33. The monoisotopic (exact) mass is 333 g/mol. The lowest BCUT2D eigenvalue weighted by atomic mass is 10.1. The molecule has 0 atom stereocenters. The summed E-state index contributed by atoms with van der Waals surface area (Å²) in [6.45, 7) is 3.98. The highest BCUT2D eigenvalue weighted by molar-refractivity contribution is 8.01. The molecule has 0 radical (unpaired) electrons. The zero-order chi connectivity index (χ0) is 15.5. The summed E-state index contributed by atoms with van der Waals surface area (Å²) in [7, 11) is 0. The van der Waals surface area contributed by atoms with Crippen LogP contribution in [0.1, 0.15) is 25.0 Å². The van der Waals surface area contributed by atoms with E-state index in [4.69, 9.17) is 0 Å². The van der Waals surface area contributed by atoms with E-state index < -0.39 is 11.7 Å². The van der Waals surface area contributed by atoms with Crippen LogP contribution in [0.25, 0.3) is 0 Å². The van der Waals surface area contributed by atoms with Gasteiger partial charge >= 0.3 is 6.18 Å². The summed E-state index contributed by atoms with van der Waals surface area (Å²) in [5, 5.41) is 10.5. The molecule has 0 bridgehead atoms. The highest BCUT2D eigenvalue weighted by atomic mass is 32.2. The Bertz CT molecular complexity index is 583. The fraction of sp³-hybridized carbons (Fsp3) is 0.385. The third-order valence-corrected chi connectivity index (χ3v) is 4.40. The fourth-order valence-electron chi connectivity index (χ4n) is 1.66. The van der Waals surface area contributed by atoms with E-state index in [0.29, 0.717) is 9.24 Å². The van der Waals surface area contributed by atoms with Gasteiger partial charge in [0.15, 0.2) is 4.34 Å². The van der Waals surface area contributed by atoms with Crippen LogP contribution in [0, 0.1) is 0 Å². The molecule has 2 aromatic rings. The number of nitrogens with one attached hydrogen (secondary N) is 1. The lowest BCUT2D eigenvalue weighted by Gasteiger charge is -2.16. The van der Waals surface area contributed by atoms with Gasteiger partial charge in [-0.25, -0.2) is 0 Å². The molecule has 8 heteroatoms. The van der Waals surface area contributed by atoms with Crippen LogP contribution in [0.2, 0.25) is 0 Å². The van der Waals surface area contributed by atoms with Crippen molar-refractivity contribution in [3.8, 4) is 0 Å². The van der Waals surface area contributed by atoms with E-state index in [-0.39, 0.29) is 18.2 Å². The maximum atomic E-state index is 13.2. The van der Waals surface area contributed by atoms with Crippen molar-refractivity contribution in [1.82, 2.24) is 15.5 Å². The molecule has 0 aliphatic carbocycles. The number of hydrogen-bond donors (Lipinski definition) is 1. The van der Waals surface area contributed by atoms with E-state index in [1.165, 1.54) is 35.2 Å². The van der Waals surface area contributed by atoms with E-state index in [9.17, 15) is 13.2 Å². The first-order valence-corrected chi connectivity index (χ1v) is 7.93. The largest absolute Gasteiger partial charge is 0.416 e. The smallest absolute Gasteiger partial charge is 0.310 e. The third-order valence-electron chi connectivity index (χ3n) is 2.63. The van der Waals surface area contributed by atoms with Gasteiger partial charge in [-0.1, -0.05) is 43.0 Å². The van der Waals surface area contributed by atoms with Crippen LogP contribution in [0.5, 0.6) is 0 Å². The van der Waals surface area contributed by atoms with Crippen LogP contribution in [0.3, 0.4) is 0 Å². The summed E-state index contributed by atoms with van der Waals surface area (Å²) in [4.78, 5) is 0.507. The van der Waals surface area contributed by atoms with Gasteiger partial charge in [-0.3, -0.25) is 0 Å². The highest BCUT2D eigenvalue weighted by Crippen LogP contribution is 2.37. The molecule has 0 saturated carbocycles. The van der Waals surface area contributed by atoms with Crippen molar-refractivity contribution in [3.05, 3.63) is 34.8 Å². The van der Waals surface area contributed by atoms with Crippen LogP contribution in [-0.4, -0.2) is 16.2 Å². The molecule has 2 rings (SSSR count). The molecule has 0 aliphatic heterocycles. The van der Waals surface area contributed by atoms with Gasteiger partial charge < -0.3 is 5.32 Å². The number of benzene rings is 1. The second kappa shape index (κ2) is 6.76. The Morgan fingerprint density at radius 2 is 2.10 bits per heavy atom. The Kier molecular flexibility index (Phi) is 5.23. The average molecular weight is 333 g/mol. The van der Waals surface area contributed by atoms with Gasteiger partial charge in [0.1, 0.15) is 5.51 Å². The summed E-state index contributed by atoms with van der Waals surface area (Å²) < 4.78 is 40.1. The van der Waals surface area contributed by atoms with Gasteiger partial charge in [0.2, 0.25) is 0 Å². The molecule has 21 heavy (non-hydrogen) atoms. The fourth-order valence-corrected chi connectivity index (χ4v) is 3.15. The van der Waals surface area contributed by atoms with Gasteiger partial charge in [-0.2, -0.15) is 13.2 Å². The molecule has 1 heterocycles. The molecule has 0 saturated heterocycles. The Labute approximate surface area is 129 Å². The molecule has 1 aromatic carbocycles. The van der Waals surface area contributed by atoms with E-state index in [1.54, 1.807) is 11.6 Å². The predicted octanol–water partition coefficient (Wildman–Crippen LogP) is 4.21. The minimum absolute atomic E-state index is 0.126. The first-order valence-electron chi connectivity index (χ1n) is 6.24. The van der Waals surface area contributed by atoms with Crippen LogP contribution >= 0.6 is 23.1 Å². The summed E-state index contributed by atoms with van der Waals surface area (Å²) >= 11 is 2.48. The Morgan fingerprint density at radius 3 is 2.67 bits per heavy atom. The van der Waals surface area contributed by atoms with E-state index in [1.807, 2.05) is 13.8 Å². The number of rotatable bonds is 5. The zero-order valence-corrected chi connectivity index (χ0v) is 13.1. The molecule has 114 valence electrons. The summed E-state index contributed by atoms with van der Waals surface area (Å²) in [5.74, 6) is 0. The average Bonchev–Trinajstić information content (AvgIpc) is 2.89. The van der Waals surface area contributed by atoms with Crippen molar-refractivity contribution < 1.29 is 13.2 Å². The minimum Gasteiger partial charge on any atom is -0.310 e. The number of alkyl halides is 3. The molecule has 3 nitrogen and oxygen atoms in total. The van der Waals surface area contributed by atoms with Gasteiger partial charge in [-0.05, 0) is 17.7 Å². The SMILES string of the molecule is CC(C)NCc1ccc(Sc2nncs2)cc1C(F)(F)F. The maximum Gasteiger partial charge on any atom is 0.416 e. The summed E-state index contributed by atoms with van der Waals surface area (Å²) in [6, 6.07) is 4.49. The molecule has 1 aromatic heterocycles. The first kappa shape index (κ1) is 16.3. The zero-order valence-electron chi connectivity index (χ0n) is 11.4. The van der Waals surface area contributed by atoms with Crippen molar-refractivity contribution >= 4 is 23.1 Å². The van der Waals surface area contributed by atoms with Gasteiger partial charge in [0.05, 0.1) is 5.56 Å². The number of aromatic nitrogens is 2. The third kappa shape index (κ3) is 4.69. The van der Waals surface area contributed by atoms with Gasteiger partial charge in [0.25, 0.3) is 0 Å². The number of nitrogens with zero attached hydrogens (tertiary/aromatic N) is 2. The van der Waals surface area contributed by atoms with Crippen LogP contribution in [0.15, 0.2) is 32.9 Å². The van der Waals surface area contributed by atoms with Crippen molar-refractivity contribution in [2.45, 2.75) is 41.8 Å². The molecule has 0 aliphatic rings. The van der Waals surface area contributed by atoms with Crippen molar-refractivity contribution in [2.75, 3.05) is 0 Å². The molecule has 0 amide bonds. The Hall–Kier alpha value is -1.12. The normalized spacial score (nSPS) is 12.1. The second-order valence-electron chi connectivity index (χ2n) is 4.66. The van der Waals surface area contributed by atoms with Crippen LogP contribution in [-0.2, 0) is 12.7 Å². The summed E-state index contributed by atoms with van der Waals surface area (Å²) in [6.07, 6.45) is -4.37. The lowest BCUT2D eigenvalue weighted by molar-refractivity contribution is -0.138. The molecule has 0 fully saturated rings. The Balaban J connectivity index is 2.26. The standard InChI is InChI=1S/C13H14F3N3S2/c1-8(2)17-6-9-3-4-10(5-11(9)13(14,15)16)21-12-19-18-7-20-12/h3-5,7-8,17H,6H2,1-2H3. The van der Waals surface area contributed by atoms with E-state index >= 15 is 0 Å². The molecular formula is C13H14F3N3S2. The quantitative estimate of drug-likeness (QED) is 0.890. The maximum absolute atomic E-state index is 13.2. The summed E-state index contributed by atoms with van der Waals surface area (Å²) in [5.41, 5.74) is 1.19. The number of halogens is 3. The molecular weight excluding hydrogens is 319 g/mol. The number of hydrogen-bond acceptors (Lipinski definition) is 5. The lowest BCUT2D eigenvalue weighted by Crippen LogP contribution is -2.23. The topological polar surface area (TPSA) is 37.8 Å². The first-order chi connectivity index (χ1) is 9.86. The van der Waals surface area contributed by atoms with E-state index in [0.717, 1.165) is 0 Å². The second-order valence-corrected chi connectivity index (χ2v) is 6.81. The van der Waals surface area contributed by atoms with Crippen LogP contribution in [0.4, 0.5) is 13.2 Å². The molecule has 0 spiro atoms. The predicted molar refractivity (Wildman–Crippen MR) is 77.5 cm³/mol. The van der Waals surface area contributed by atoms with Crippen LogP contribution < -0.4 is 5.32 Å². The van der Waals surface area contributed by atoms with E-state index in [2.05, 4.69) is 15.5 Å². The van der Waals surface area contributed by atoms with Crippen molar-refractivity contribution in [3.63, 3.8) is 0 Å². The minimum atomic E-state index is -4.37. The molecule has 0 unspecified atom stereocenters. The van der Waals surface area contributed by atoms with Gasteiger partial charge in [-0.15, -0.1) is 10.2 Å². The van der Waals surface area contributed by atoms with Crippen molar-refractivity contribution in [2.24, 2.45) is 0 Å². The molecule has 1 N–H and O–H groups in total. The van der Waals surface area contributed by atoms with Crippen molar-refractivity contribution in [1.29, 1.82) is 0 Å². The Morgan fingerprint density at radius 1 is 1.33 bits per heavy atom. The van der Waals surface area contributed by atoms with Gasteiger partial charge in [0, 0.05) is 17.5 Å².